The van der Waals surface area contributed by atoms with E-state index in [9.17, 15) is 9.59 Å². The summed E-state index contributed by atoms with van der Waals surface area (Å²) in [6.07, 6.45) is 5.12. The molecule has 0 saturated carbocycles. The molecular weight excluding hydrogens is 454 g/mol. The highest BCUT2D eigenvalue weighted by atomic mass is 32.1. The quantitative estimate of drug-likeness (QED) is 0.484. The topological polar surface area (TPSA) is 92.0 Å². The molecule has 0 fully saturated rings. The third-order valence-electron chi connectivity index (χ3n) is 5.33. The van der Waals surface area contributed by atoms with E-state index >= 15 is 0 Å². The molecule has 1 aromatic carbocycles. The van der Waals surface area contributed by atoms with Gasteiger partial charge in [-0.1, -0.05) is 23.5 Å². The molecule has 0 aliphatic carbocycles. The number of ether oxygens (including phenoxy) is 3. The van der Waals surface area contributed by atoms with E-state index in [1.165, 1.54) is 15.9 Å². The first-order chi connectivity index (χ1) is 16.5. The number of pyridine rings is 1. The predicted molar refractivity (Wildman–Crippen MR) is 129 cm³/mol. The monoisotopic (exact) mass is 479 g/mol. The molecule has 8 nitrogen and oxygen atoms in total. The van der Waals surface area contributed by atoms with Crippen molar-refractivity contribution in [2.75, 3.05) is 20.3 Å². The summed E-state index contributed by atoms with van der Waals surface area (Å²) >= 11 is 1.26. The molecule has 1 atom stereocenters. The number of benzene rings is 1. The fraction of sp³-hybridized carbons (Fsp3) is 0.280. The highest BCUT2D eigenvalue weighted by molar-refractivity contribution is 7.07. The Hall–Kier alpha value is -3.72. The van der Waals surface area contributed by atoms with Gasteiger partial charge in [-0.3, -0.25) is 14.3 Å². The van der Waals surface area contributed by atoms with Crippen molar-refractivity contribution in [2.45, 2.75) is 26.8 Å². The van der Waals surface area contributed by atoms with Crippen molar-refractivity contribution in [2.24, 2.45) is 4.99 Å². The van der Waals surface area contributed by atoms with Crippen LogP contribution in [0.3, 0.4) is 0 Å². The molecule has 0 radical (unpaired) electrons. The number of thiazole rings is 1. The Bertz CT molecular complexity index is 1420. The molecule has 4 rings (SSSR count). The number of carbonyl (C=O) groups excluding carboxylic acids is 1. The van der Waals surface area contributed by atoms with Crippen molar-refractivity contribution < 1.29 is 19.0 Å². The van der Waals surface area contributed by atoms with Gasteiger partial charge < -0.3 is 14.2 Å². The van der Waals surface area contributed by atoms with E-state index in [1.54, 1.807) is 45.5 Å². The summed E-state index contributed by atoms with van der Waals surface area (Å²) in [5.41, 5.74) is 1.99. The lowest BCUT2D eigenvalue weighted by molar-refractivity contribution is -0.139. The Morgan fingerprint density at radius 1 is 1.18 bits per heavy atom. The van der Waals surface area contributed by atoms with Crippen molar-refractivity contribution in [3.63, 3.8) is 0 Å². The van der Waals surface area contributed by atoms with Crippen LogP contribution in [0.15, 0.2) is 63.8 Å². The second-order valence-electron chi connectivity index (χ2n) is 7.39. The molecule has 9 heteroatoms. The van der Waals surface area contributed by atoms with E-state index in [1.807, 2.05) is 31.2 Å². The molecule has 3 heterocycles. The van der Waals surface area contributed by atoms with Crippen LogP contribution in [0.2, 0.25) is 0 Å². The van der Waals surface area contributed by atoms with Gasteiger partial charge >= 0.3 is 5.97 Å². The normalized spacial score (nSPS) is 15.5. The summed E-state index contributed by atoms with van der Waals surface area (Å²) in [5.74, 6) is 0.455. The lowest BCUT2D eigenvalue weighted by atomic mass is 9.94. The van der Waals surface area contributed by atoms with E-state index in [2.05, 4.69) is 9.98 Å². The zero-order valence-corrected chi connectivity index (χ0v) is 20.2. The molecule has 0 saturated heterocycles. The molecule has 1 aliphatic heterocycles. The molecule has 2 aromatic heterocycles. The largest absolute Gasteiger partial charge is 0.493 e. The van der Waals surface area contributed by atoms with Gasteiger partial charge in [0.1, 0.15) is 6.04 Å². The van der Waals surface area contributed by atoms with E-state index in [-0.39, 0.29) is 12.2 Å². The number of nitrogens with zero attached hydrogens (tertiary/aromatic N) is 3. The Labute approximate surface area is 200 Å². The highest BCUT2D eigenvalue weighted by Crippen LogP contribution is 2.40. The molecule has 0 spiro atoms. The number of esters is 1. The van der Waals surface area contributed by atoms with Crippen LogP contribution < -0.4 is 24.4 Å². The Morgan fingerprint density at radius 3 is 2.62 bits per heavy atom. The average Bonchev–Trinajstić information content (AvgIpc) is 3.13. The minimum atomic E-state index is -0.786. The number of allylic oxidation sites excluding steroid dienone is 1. The van der Waals surface area contributed by atoms with Crippen molar-refractivity contribution in [1.82, 2.24) is 9.55 Å². The minimum absolute atomic E-state index is 0.200. The number of methoxy groups -OCH3 is 1. The SMILES string of the molecule is CCOC(=O)C1=C(C)N=c2s/c(=C/c3ccncc3)c(=O)n2[C@H]1c1cccc(OC)c1OCC. The van der Waals surface area contributed by atoms with Gasteiger partial charge in [0.2, 0.25) is 0 Å². The minimum Gasteiger partial charge on any atom is -0.493 e. The molecule has 3 aromatic rings. The van der Waals surface area contributed by atoms with E-state index in [0.29, 0.717) is 44.3 Å². The molecule has 0 bridgehead atoms. The molecule has 34 heavy (non-hydrogen) atoms. The fourth-order valence-electron chi connectivity index (χ4n) is 3.90. The zero-order valence-electron chi connectivity index (χ0n) is 19.4. The van der Waals surface area contributed by atoms with Gasteiger partial charge in [-0.2, -0.15) is 0 Å². The van der Waals surface area contributed by atoms with Crippen LogP contribution in [-0.4, -0.2) is 35.8 Å². The maximum Gasteiger partial charge on any atom is 0.338 e. The second kappa shape index (κ2) is 10.0. The first-order valence-corrected chi connectivity index (χ1v) is 11.7. The van der Waals surface area contributed by atoms with Gasteiger partial charge in [0, 0.05) is 18.0 Å². The molecule has 0 N–H and O–H groups in total. The molecule has 1 aliphatic rings. The maximum absolute atomic E-state index is 13.7. The van der Waals surface area contributed by atoms with Crippen LogP contribution in [0.5, 0.6) is 11.5 Å². The van der Waals surface area contributed by atoms with E-state index in [0.717, 1.165) is 5.56 Å². The smallest absolute Gasteiger partial charge is 0.338 e. The van der Waals surface area contributed by atoms with E-state index < -0.39 is 12.0 Å². The number of hydrogen-bond acceptors (Lipinski definition) is 8. The maximum atomic E-state index is 13.7. The number of hydrogen-bond donors (Lipinski definition) is 0. The first kappa shape index (κ1) is 23.4. The van der Waals surface area contributed by atoms with Crippen molar-refractivity contribution >= 4 is 23.4 Å². The summed E-state index contributed by atoms with van der Waals surface area (Å²) < 4.78 is 18.9. The zero-order chi connectivity index (χ0) is 24.2. The van der Waals surface area contributed by atoms with Crippen LogP contribution in [0, 0.1) is 0 Å². The number of aromatic nitrogens is 2. The van der Waals surface area contributed by atoms with Gasteiger partial charge in [-0.15, -0.1) is 0 Å². The summed E-state index contributed by atoms with van der Waals surface area (Å²) in [6.45, 7) is 5.94. The summed E-state index contributed by atoms with van der Waals surface area (Å²) in [5, 5.41) is 0. The highest BCUT2D eigenvalue weighted by Gasteiger charge is 2.35. The van der Waals surface area contributed by atoms with Gasteiger partial charge in [-0.25, -0.2) is 9.79 Å². The van der Waals surface area contributed by atoms with Crippen molar-refractivity contribution in [1.29, 1.82) is 0 Å². The number of fused-ring (bicyclic) bond motifs is 1. The van der Waals surface area contributed by atoms with Crippen LogP contribution in [0.25, 0.3) is 6.08 Å². The predicted octanol–water partition coefficient (Wildman–Crippen LogP) is 2.60. The molecular formula is C25H25N3O5S. The number of para-hydroxylation sites is 1. The number of rotatable bonds is 7. The fourth-order valence-corrected chi connectivity index (χ4v) is 4.95. The van der Waals surface area contributed by atoms with Crippen LogP contribution in [0.1, 0.15) is 37.9 Å². The van der Waals surface area contributed by atoms with Crippen molar-refractivity contribution in [3.05, 3.63) is 84.8 Å². The first-order valence-electron chi connectivity index (χ1n) is 10.9. The standard InChI is InChI=1S/C25H25N3O5S/c1-5-32-22-17(8-7-9-18(22)31-4)21-20(24(30)33-6-2)15(3)27-25-28(21)23(29)19(34-25)14-16-10-12-26-13-11-16/h7-14,21H,5-6H2,1-4H3/b19-14+/t21-/m0/s1. The second-order valence-corrected chi connectivity index (χ2v) is 8.40. The van der Waals surface area contributed by atoms with Crippen molar-refractivity contribution in [3.8, 4) is 11.5 Å². The molecule has 0 amide bonds. The summed E-state index contributed by atoms with van der Waals surface area (Å²) in [7, 11) is 1.55. The van der Waals surface area contributed by atoms with Gasteiger partial charge in [0.15, 0.2) is 16.3 Å². The van der Waals surface area contributed by atoms with Crippen LogP contribution >= 0.6 is 11.3 Å². The third-order valence-corrected chi connectivity index (χ3v) is 6.32. The van der Waals surface area contributed by atoms with Gasteiger partial charge in [-0.05, 0) is 50.6 Å². The summed E-state index contributed by atoms with van der Waals surface area (Å²) in [6, 6.07) is 8.27. The van der Waals surface area contributed by atoms with Gasteiger partial charge in [0.25, 0.3) is 5.56 Å². The lowest BCUT2D eigenvalue weighted by Gasteiger charge is -2.26. The number of carbonyl (C=O) groups is 1. The Kier molecular flexibility index (Phi) is 6.93. The molecule has 0 unspecified atom stereocenters. The average molecular weight is 480 g/mol. The lowest BCUT2D eigenvalue weighted by Crippen LogP contribution is -2.40. The van der Waals surface area contributed by atoms with E-state index in [4.69, 9.17) is 14.2 Å². The summed E-state index contributed by atoms with van der Waals surface area (Å²) in [4.78, 5) is 35.9. The third kappa shape index (κ3) is 4.26. The van der Waals surface area contributed by atoms with Crippen LogP contribution in [0.4, 0.5) is 0 Å². The van der Waals surface area contributed by atoms with Gasteiger partial charge in [0.05, 0.1) is 36.1 Å². The Morgan fingerprint density at radius 2 is 1.94 bits per heavy atom. The molecule has 176 valence electrons. The Balaban J connectivity index is 2.03. The van der Waals surface area contributed by atoms with Crippen LogP contribution in [-0.2, 0) is 9.53 Å².